The summed E-state index contributed by atoms with van der Waals surface area (Å²) >= 11 is 3.04. The molecule has 1 aromatic carbocycles. The number of hydrogen-bond donors (Lipinski definition) is 7. The molecule has 16 nitrogen and oxygen atoms in total. The first-order valence-corrected chi connectivity index (χ1v) is 24.5. The van der Waals surface area contributed by atoms with Crippen molar-refractivity contribution < 1.29 is 66.2 Å². The highest BCUT2D eigenvalue weighted by atomic mass is 79.9. The minimum atomic E-state index is -5.14. The molecule has 1 saturated heterocycles. The van der Waals surface area contributed by atoms with Gasteiger partial charge in [0.05, 0.1) is 24.1 Å². The summed E-state index contributed by atoms with van der Waals surface area (Å²) in [5.74, 6) is -4.39. The van der Waals surface area contributed by atoms with Crippen LogP contribution >= 0.6 is 23.8 Å². The van der Waals surface area contributed by atoms with E-state index in [0.717, 1.165) is 30.9 Å². The molecule has 1 aliphatic heterocycles. The molecule has 6 saturated carbocycles. The average molecular weight is 982 g/mol. The van der Waals surface area contributed by atoms with E-state index in [-0.39, 0.29) is 59.5 Å². The first-order chi connectivity index (χ1) is 30.1. The molecule has 1 heterocycles. The van der Waals surface area contributed by atoms with E-state index in [1.54, 1.807) is 19.1 Å². The number of allylic oxidation sites excluding steroid dienone is 4. The number of phosphoric ester groups is 1. The second-order valence-corrected chi connectivity index (χ2v) is 21.4. The van der Waals surface area contributed by atoms with E-state index in [9.17, 15) is 43.4 Å². The largest absolute Gasteiger partial charge is 0.470 e. The zero-order valence-electron chi connectivity index (χ0n) is 35.7. The fourth-order valence-corrected chi connectivity index (χ4v) is 13.5. The molecule has 7 fully saturated rings. The Morgan fingerprint density at radius 3 is 2.42 bits per heavy atom. The van der Waals surface area contributed by atoms with Gasteiger partial charge in [0.25, 0.3) is 0 Å². The zero-order valence-corrected chi connectivity index (χ0v) is 38.1. The fraction of sp³-hybridized carbons (Fsp3) is 0.659. The lowest BCUT2D eigenvalue weighted by Crippen LogP contribution is -2.76. The smallest absolute Gasteiger partial charge is 0.390 e. The summed E-state index contributed by atoms with van der Waals surface area (Å²) in [5.41, 5.74) is -0.758. The van der Waals surface area contributed by atoms with Crippen molar-refractivity contribution in [3.8, 4) is 0 Å². The summed E-state index contributed by atoms with van der Waals surface area (Å²) in [7, 11) is -5.14. The lowest BCUT2D eigenvalue weighted by Gasteiger charge is -2.71. The number of Topliss-reactive ketones (excluding diaryl/α,β-unsaturated/α-hetero) is 1. The minimum Gasteiger partial charge on any atom is -0.390 e. The Morgan fingerprint density at radius 1 is 1.06 bits per heavy atom. The van der Waals surface area contributed by atoms with E-state index in [2.05, 4.69) is 31.9 Å². The first kappa shape index (κ1) is 47.2. The summed E-state index contributed by atoms with van der Waals surface area (Å²) in [5, 5.41) is 20.3. The number of halogens is 3. The Hall–Kier alpha value is -3.26. The number of nitrogens with two attached hydrogens (primary N) is 1. The van der Waals surface area contributed by atoms with E-state index in [1.807, 2.05) is 12.1 Å². The number of alkyl halides is 3. The van der Waals surface area contributed by atoms with Gasteiger partial charge in [0.2, 0.25) is 17.7 Å². The van der Waals surface area contributed by atoms with Gasteiger partial charge in [0.1, 0.15) is 18.8 Å². The highest BCUT2D eigenvalue weighted by Gasteiger charge is 2.80. The molecule has 0 aromatic heterocycles. The standard InChI is InChI=1S/C44H56BrF2N4O12P/c1-39-11-10-26(52)13-29(39)30(46)14-28-27-15-34-44(33(54)20-61-64(58,59)60,40(27,2)17-32(53)43(28,39)47)63-38(62-34)25-8-6-24(7-9-25)16-41-21-42(22-41,23-41)51-37(57)31(5-3-4-12-48)50-36(56)19-49-35(55)18-45/h6-11,13,27-28,30-32,34,38,53H,3-5,12,14-23,48H2,1-2H3,(H,49,55)(H,50,56)(H,51,57)(H2,58,59,60)/t27-,28-,30-,31-,32-,34+,38+,39-,40-,41?,42?,43-,44+/m0/s1. The van der Waals surface area contributed by atoms with Gasteiger partial charge in [-0.05, 0) is 112 Å². The van der Waals surface area contributed by atoms with Crippen molar-refractivity contribution in [1.82, 2.24) is 16.0 Å². The maximum atomic E-state index is 17.9. The molecule has 11 atom stereocenters. The molecular weight excluding hydrogens is 925 g/mol. The third-order valence-corrected chi connectivity index (χ3v) is 16.6. The Labute approximate surface area is 377 Å². The van der Waals surface area contributed by atoms with E-state index in [0.29, 0.717) is 37.8 Å². The Morgan fingerprint density at radius 2 is 1.77 bits per heavy atom. The number of unbranched alkanes of at least 4 members (excludes halogenated alkanes) is 1. The number of fused-ring (bicyclic) bond motifs is 7. The van der Waals surface area contributed by atoms with Gasteiger partial charge >= 0.3 is 7.82 Å². The number of benzene rings is 1. The van der Waals surface area contributed by atoms with Crippen LogP contribution in [0.4, 0.5) is 8.78 Å². The monoisotopic (exact) mass is 980 g/mol. The van der Waals surface area contributed by atoms with Crippen molar-refractivity contribution in [3.63, 3.8) is 0 Å². The van der Waals surface area contributed by atoms with E-state index >= 15 is 8.78 Å². The molecule has 0 unspecified atom stereocenters. The molecule has 8 N–H and O–H groups in total. The van der Waals surface area contributed by atoms with Crippen LogP contribution in [0.2, 0.25) is 0 Å². The molecular formula is C44H56BrF2N4O12P. The van der Waals surface area contributed by atoms with Gasteiger partial charge in [0.15, 0.2) is 29.1 Å². The number of phosphoric acid groups is 1. The number of carbonyl (C=O) groups excluding carboxylic acids is 5. The van der Waals surface area contributed by atoms with Crippen molar-refractivity contribution in [2.75, 3.05) is 25.0 Å². The fourth-order valence-electron chi connectivity index (χ4n) is 13.0. The van der Waals surface area contributed by atoms with Crippen LogP contribution in [0.25, 0.3) is 0 Å². The summed E-state index contributed by atoms with van der Waals surface area (Å²) in [4.78, 5) is 83.3. The van der Waals surface area contributed by atoms with E-state index < -0.39 is 96.6 Å². The average Bonchev–Trinajstić information content (AvgIpc) is 3.72. The molecule has 9 rings (SSSR count). The highest BCUT2D eigenvalue weighted by Crippen LogP contribution is 2.73. The predicted octanol–water partition coefficient (Wildman–Crippen LogP) is 3.15. The van der Waals surface area contributed by atoms with Crippen LogP contribution in [-0.2, 0) is 49.0 Å². The molecule has 3 amide bonds. The highest BCUT2D eigenvalue weighted by molar-refractivity contribution is 9.09. The van der Waals surface area contributed by atoms with Crippen LogP contribution in [0.3, 0.4) is 0 Å². The number of aliphatic hydroxyl groups excluding tert-OH is 1. The Kier molecular flexibility index (Phi) is 12.4. The first-order valence-electron chi connectivity index (χ1n) is 21.8. The second-order valence-electron chi connectivity index (χ2n) is 19.6. The summed E-state index contributed by atoms with van der Waals surface area (Å²) < 4.78 is 63.6. The molecule has 20 heteroatoms. The third kappa shape index (κ3) is 7.77. The van der Waals surface area contributed by atoms with Crippen molar-refractivity contribution in [2.24, 2.45) is 33.8 Å². The molecule has 0 radical (unpaired) electrons. The Balaban J connectivity index is 0.950. The summed E-state index contributed by atoms with van der Waals surface area (Å²) in [6, 6.07) is 6.64. The zero-order chi connectivity index (χ0) is 46.3. The van der Waals surface area contributed by atoms with Gasteiger partial charge in [-0.2, -0.15) is 0 Å². The third-order valence-electron chi connectivity index (χ3n) is 15.7. The van der Waals surface area contributed by atoms with E-state index in [1.165, 1.54) is 19.1 Å². The van der Waals surface area contributed by atoms with E-state index in [4.69, 9.17) is 19.7 Å². The van der Waals surface area contributed by atoms with Gasteiger partial charge in [-0.25, -0.2) is 13.3 Å². The topological polar surface area (TPSA) is 253 Å². The molecule has 1 aromatic rings. The molecule has 350 valence electrons. The predicted molar refractivity (Wildman–Crippen MR) is 227 cm³/mol. The SMILES string of the molecule is C[C@]12C=CC(=O)C=C1[C@@H](F)C[C@H]1[C@@H]3C[C@H]4O[C@@H](c5ccc(CC67CC(NC(=O)[C@H](CCCCN)NC(=O)CNC(=O)CBr)(C6)C7)cc5)O[C@@]4(C(=O)COP(=O)(O)O)[C@@]3(C)C[C@H](O)[C@@]12F. The molecule has 2 bridgehead atoms. The Bertz CT molecular complexity index is 2190. The second kappa shape index (κ2) is 16.8. The number of ketones is 2. The van der Waals surface area contributed by atoms with Crippen LogP contribution in [0, 0.1) is 28.1 Å². The van der Waals surface area contributed by atoms with Gasteiger partial charge in [0, 0.05) is 27.9 Å². The molecule has 7 aliphatic carbocycles. The van der Waals surface area contributed by atoms with Crippen LogP contribution < -0.4 is 21.7 Å². The quantitative estimate of drug-likeness (QED) is 0.0674. The van der Waals surface area contributed by atoms with Crippen molar-refractivity contribution >= 4 is 53.0 Å². The van der Waals surface area contributed by atoms with Crippen molar-refractivity contribution in [2.45, 2.75) is 126 Å². The maximum absolute atomic E-state index is 17.9. The number of aliphatic hydroxyl groups is 1. The normalized spacial score (nSPS) is 39.5. The van der Waals surface area contributed by atoms with Crippen molar-refractivity contribution in [1.29, 1.82) is 0 Å². The number of carbonyl (C=O) groups is 5. The van der Waals surface area contributed by atoms with Crippen LogP contribution in [0.1, 0.15) is 89.1 Å². The lowest BCUT2D eigenvalue weighted by atomic mass is 9.38. The summed E-state index contributed by atoms with van der Waals surface area (Å²) in [6.07, 6.45) is 1.87. The number of ether oxygens (including phenoxy) is 2. The molecule has 8 aliphatic rings. The van der Waals surface area contributed by atoms with Gasteiger partial charge < -0.3 is 46.1 Å². The lowest BCUT2D eigenvalue weighted by molar-refractivity contribution is -0.235. The molecule has 0 spiro atoms. The maximum Gasteiger partial charge on any atom is 0.470 e. The number of hydrogen-bond acceptors (Lipinski definition) is 11. The minimum absolute atomic E-state index is 0.0114. The molecule has 64 heavy (non-hydrogen) atoms. The van der Waals surface area contributed by atoms with Gasteiger partial charge in [-0.15, -0.1) is 0 Å². The summed E-state index contributed by atoms with van der Waals surface area (Å²) in [6.45, 7) is 2.26. The van der Waals surface area contributed by atoms with Gasteiger partial charge in [-0.3, -0.25) is 28.5 Å². The number of nitrogens with one attached hydrogen (secondary N) is 3. The number of amides is 3. The van der Waals surface area contributed by atoms with Gasteiger partial charge in [-0.1, -0.05) is 53.2 Å². The number of rotatable bonds is 17. The van der Waals surface area contributed by atoms with Crippen LogP contribution in [0.15, 0.2) is 48.1 Å². The van der Waals surface area contributed by atoms with Crippen LogP contribution in [-0.4, -0.2) is 110 Å². The van der Waals surface area contributed by atoms with Crippen LogP contribution in [0.5, 0.6) is 0 Å². The van der Waals surface area contributed by atoms with Crippen molar-refractivity contribution in [3.05, 3.63) is 59.2 Å².